The lowest BCUT2D eigenvalue weighted by Crippen LogP contribution is -1.94. The maximum absolute atomic E-state index is 6.01. The summed E-state index contributed by atoms with van der Waals surface area (Å²) >= 11 is 3.29. The minimum Gasteiger partial charge on any atom is -0.472 e. The number of rotatable bonds is 1. The summed E-state index contributed by atoms with van der Waals surface area (Å²) in [6, 6.07) is 1.82. The van der Waals surface area contributed by atoms with Gasteiger partial charge in [0, 0.05) is 11.8 Å². The van der Waals surface area contributed by atoms with E-state index in [9.17, 15) is 0 Å². The summed E-state index contributed by atoms with van der Waals surface area (Å²) in [5, 5.41) is 0. The number of halogens is 1. The number of imidazole rings is 1. The third kappa shape index (κ3) is 1.30. The highest BCUT2D eigenvalue weighted by atomic mass is 79.9. The van der Waals surface area contributed by atoms with E-state index in [4.69, 9.17) is 10.2 Å². The molecule has 0 saturated heterocycles. The molecule has 6 heteroatoms. The van der Waals surface area contributed by atoms with Gasteiger partial charge in [-0.05, 0) is 22.0 Å². The molecule has 0 radical (unpaired) electrons. The van der Waals surface area contributed by atoms with Gasteiger partial charge in [-0.15, -0.1) is 0 Å². The Labute approximate surface area is 99.0 Å². The minimum absolute atomic E-state index is 0.569. The van der Waals surface area contributed by atoms with Gasteiger partial charge in [-0.3, -0.25) is 4.40 Å². The van der Waals surface area contributed by atoms with Crippen molar-refractivity contribution in [3.63, 3.8) is 0 Å². The number of nitrogens with zero attached hydrogens (tertiary/aromatic N) is 3. The molecular formula is C10H7BrN4O. The molecule has 16 heavy (non-hydrogen) atoms. The van der Waals surface area contributed by atoms with Crippen molar-refractivity contribution in [1.82, 2.24) is 14.4 Å². The van der Waals surface area contributed by atoms with Gasteiger partial charge >= 0.3 is 0 Å². The van der Waals surface area contributed by atoms with Crippen LogP contribution in [0.3, 0.4) is 0 Å². The molecule has 0 spiro atoms. The Balaban J connectivity index is 2.32. The fourth-order valence-electron chi connectivity index (χ4n) is 1.56. The fourth-order valence-corrected chi connectivity index (χ4v) is 1.87. The quantitative estimate of drug-likeness (QED) is 0.742. The second-order valence-corrected chi connectivity index (χ2v) is 4.11. The molecule has 3 rings (SSSR count). The number of fused-ring (bicyclic) bond motifs is 1. The molecule has 2 N–H and O–H groups in total. The molecule has 80 valence electrons. The predicted octanol–water partition coefficient (Wildman–Crippen LogP) is 2.33. The number of aromatic nitrogens is 3. The van der Waals surface area contributed by atoms with Crippen LogP contribution in [0.15, 0.2) is 40.0 Å². The van der Waals surface area contributed by atoms with Crippen molar-refractivity contribution in [3.8, 4) is 11.3 Å². The maximum atomic E-state index is 6.01. The molecule has 0 bridgehead atoms. The average molecular weight is 279 g/mol. The zero-order chi connectivity index (χ0) is 11.1. The zero-order valence-corrected chi connectivity index (χ0v) is 9.68. The highest BCUT2D eigenvalue weighted by Gasteiger charge is 2.12. The van der Waals surface area contributed by atoms with Crippen LogP contribution in [0.25, 0.3) is 16.9 Å². The summed E-state index contributed by atoms with van der Waals surface area (Å²) in [4.78, 5) is 8.49. The van der Waals surface area contributed by atoms with E-state index in [0.29, 0.717) is 21.8 Å². The molecule has 5 nitrogen and oxygen atoms in total. The first-order valence-electron chi connectivity index (χ1n) is 4.57. The van der Waals surface area contributed by atoms with Crippen molar-refractivity contribution in [2.75, 3.05) is 5.73 Å². The molecule has 0 fully saturated rings. The van der Waals surface area contributed by atoms with E-state index < -0.39 is 0 Å². The third-order valence-electron chi connectivity index (χ3n) is 2.31. The van der Waals surface area contributed by atoms with Gasteiger partial charge in [0.25, 0.3) is 0 Å². The monoisotopic (exact) mass is 278 g/mol. The van der Waals surface area contributed by atoms with Crippen molar-refractivity contribution in [2.45, 2.75) is 0 Å². The molecule has 3 heterocycles. The lowest BCUT2D eigenvalue weighted by molar-refractivity contribution is 0.568. The maximum Gasteiger partial charge on any atom is 0.157 e. The van der Waals surface area contributed by atoms with Crippen LogP contribution in [0.5, 0.6) is 0 Å². The number of hydrogen-bond acceptors (Lipinski definition) is 4. The molecule has 0 aliphatic carbocycles. The van der Waals surface area contributed by atoms with E-state index in [0.717, 1.165) is 5.56 Å². The van der Waals surface area contributed by atoms with E-state index in [1.807, 2.05) is 6.07 Å². The van der Waals surface area contributed by atoms with Crippen LogP contribution in [-0.2, 0) is 0 Å². The van der Waals surface area contributed by atoms with Crippen LogP contribution >= 0.6 is 15.9 Å². The summed E-state index contributed by atoms with van der Waals surface area (Å²) in [6.07, 6.45) is 6.64. The Kier molecular flexibility index (Phi) is 1.97. The Hall–Kier alpha value is -1.82. The minimum atomic E-state index is 0.569. The Morgan fingerprint density at radius 2 is 2.31 bits per heavy atom. The highest BCUT2D eigenvalue weighted by molar-refractivity contribution is 9.10. The number of hydrogen-bond donors (Lipinski definition) is 1. The second kappa shape index (κ2) is 3.34. The Morgan fingerprint density at radius 3 is 3.06 bits per heavy atom. The van der Waals surface area contributed by atoms with Crippen LogP contribution in [0.4, 0.5) is 5.82 Å². The number of anilines is 1. The summed E-state index contributed by atoms with van der Waals surface area (Å²) in [5.74, 6) is 0.569. The van der Waals surface area contributed by atoms with E-state index in [2.05, 4.69) is 25.9 Å². The van der Waals surface area contributed by atoms with Crippen molar-refractivity contribution < 1.29 is 4.42 Å². The van der Waals surface area contributed by atoms with Crippen LogP contribution in [-0.4, -0.2) is 14.4 Å². The number of furan rings is 1. The first kappa shape index (κ1) is 9.41. The van der Waals surface area contributed by atoms with Crippen LogP contribution < -0.4 is 5.73 Å². The smallest absolute Gasteiger partial charge is 0.157 e. The standard InChI is InChI=1S/C10H7BrN4O/c11-7-4-15-8(3-13-7)14-9(10(15)12)6-1-2-16-5-6/h1-5H,12H2. The van der Waals surface area contributed by atoms with E-state index >= 15 is 0 Å². The molecule has 0 amide bonds. The molecular weight excluding hydrogens is 272 g/mol. The molecule has 0 atom stereocenters. The van der Waals surface area contributed by atoms with Crippen LogP contribution in [0.1, 0.15) is 0 Å². The Morgan fingerprint density at radius 1 is 1.44 bits per heavy atom. The average Bonchev–Trinajstić information content (AvgIpc) is 2.87. The first-order valence-corrected chi connectivity index (χ1v) is 5.36. The number of nitrogens with two attached hydrogens (primary N) is 1. The van der Waals surface area contributed by atoms with Gasteiger partial charge in [-0.1, -0.05) is 0 Å². The zero-order valence-electron chi connectivity index (χ0n) is 8.09. The molecule has 0 unspecified atom stereocenters. The van der Waals surface area contributed by atoms with Gasteiger partial charge in [0.2, 0.25) is 0 Å². The molecule has 0 aliphatic rings. The molecule has 0 aromatic carbocycles. The lowest BCUT2D eigenvalue weighted by Gasteiger charge is -1.96. The van der Waals surface area contributed by atoms with Gasteiger partial charge in [0.1, 0.15) is 16.1 Å². The summed E-state index contributed by atoms with van der Waals surface area (Å²) in [6.45, 7) is 0. The van der Waals surface area contributed by atoms with Crippen LogP contribution in [0, 0.1) is 0 Å². The van der Waals surface area contributed by atoms with E-state index in [1.165, 1.54) is 0 Å². The van der Waals surface area contributed by atoms with E-state index in [1.54, 1.807) is 29.3 Å². The predicted molar refractivity (Wildman–Crippen MR) is 62.8 cm³/mol. The van der Waals surface area contributed by atoms with Gasteiger partial charge in [0.15, 0.2) is 5.65 Å². The van der Waals surface area contributed by atoms with Gasteiger partial charge in [-0.2, -0.15) is 0 Å². The first-order chi connectivity index (χ1) is 7.75. The fraction of sp³-hybridized carbons (Fsp3) is 0. The lowest BCUT2D eigenvalue weighted by atomic mass is 10.2. The van der Waals surface area contributed by atoms with Gasteiger partial charge in [0.05, 0.1) is 18.7 Å². The Bertz CT molecular complexity index is 644. The van der Waals surface area contributed by atoms with Crippen molar-refractivity contribution in [2.24, 2.45) is 0 Å². The SMILES string of the molecule is Nc1c(-c2ccoc2)nc2cnc(Br)cn12. The molecule has 3 aromatic rings. The molecule has 3 aromatic heterocycles. The van der Waals surface area contributed by atoms with Crippen molar-refractivity contribution >= 4 is 27.4 Å². The number of nitrogen functional groups attached to an aromatic ring is 1. The summed E-state index contributed by atoms with van der Waals surface area (Å²) < 4.78 is 7.50. The van der Waals surface area contributed by atoms with Crippen molar-refractivity contribution in [3.05, 3.63) is 35.6 Å². The van der Waals surface area contributed by atoms with Crippen molar-refractivity contribution in [1.29, 1.82) is 0 Å². The summed E-state index contributed by atoms with van der Waals surface area (Å²) in [7, 11) is 0. The molecule has 0 aliphatic heterocycles. The highest BCUT2D eigenvalue weighted by Crippen LogP contribution is 2.26. The largest absolute Gasteiger partial charge is 0.472 e. The topological polar surface area (TPSA) is 69.3 Å². The van der Waals surface area contributed by atoms with Crippen LogP contribution in [0.2, 0.25) is 0 Å². The second-order valence-electron chi connectivity index (χ2n) is 3.30. The molecule has 0 saturated carbocycles. The van der Waals surface area contributed by atoms with Gasteiger partial charge < -0.3 is 10.2 Å². The normalized spacial score (nSPS) is 11.1. The van der Waals surface area contributed by atoms with Gasteiger partial charge in [-0.25, -0.2) is 9.97 Å². The van der Waals surface area contributed by atoms with E-state index in [-0.39, 0.29) is 0 Å². The third-order valence-corrected chi connectivity index (χ3v) is 2.72. The summed E-state index contributed by atoms with van der Waals surface area (Å²) in [5.41, 5.74) is 8.28.